The number of hydrogen-bond acceptors (Lipinski definition) is 4. The highest BCUT2D eigenvalue weighted by atomic mass is 32.1. The Kier molecular flexibility index (Phi) is 4.40. The summed E-state index contributed by atoms with van der Waals surface area (Å²) in [7, 11) is 1.48. The van der Waals surface area contributed by atoms with Gasteiger partial charge < -0.3 is 4.74 Å². The topological polar surface area (TPSA) is 29.5 Å². The van der Waals surface area contributed by atoms with E-state index in [1.54, 1.807) is 0 Å². The third kappa shape index (κ3) is 2.93. The van der Waals surface area contributed by atoms with Gasteiger partial charge in [0.05, 0.1) is 13.0 Å². The number of hydrogen-bond donors (Lipinski definition) is 0. The van der Waals surface area contributed by atoms with Crippen LogP contribution in [-0.2, 0) is 22.5 Å². The lowest BCUT2D eigenvalue weighted by Gasteiger charge is -2.13. The minimum absolute atomic E-state index is 0.0422. The molecule has 0 spiro atoms. The van der Waals surface area contributed by atoms with Crippen LogP contribution in [0.3, 0.4) is 0 Å². The molecule has 1 aliphatic heterocycles. The van der Waals surface area contributed by atoms with Gasteiger partial charge in [0.25, 0.3) is 0 Å². The fraction of sp³-hybridized carbons (Fsp3) is 0.643. The third-order valence-electron chi connectivity index (χ3n) is 3.64. The van der Waals surface area contributed by atoms with Crippen molar-refractivity contribution in [2.24, 2.45) is 11.8 Å². The Hall–Kier alpha value is -0.870. The molecule has 0 N–H and O–H groups in total. The van der Waals surface area contributed by atoms with Crippen LogP contribution in [0.1, 0.15) is 23.6 Å². The van der Waals surface area contributed by atoms with Gasteiger partial charge in [-0.05, 0) is 24.5 Å². The summed E-state index contributed by atoms with van der Waals surface area (Å²) in [5.41, 5.74) is 0. The van der Waals surface area contributed by atoms with Crippen molar-refractivity contribution in [3.63, 3.8) is 0 Å². The van der Waals surface area contributed by atoms with Gasteiger partial charge in [-0.3, -0.25) is 9.69 Å². The lowest BCUT2D eigenvalue weighted by atomic mass is 9.99. The standard InChI is InChI=1S/C14H21NO2S/c1-4-11-5-6-12(18-11)8-15-7-10(2)13(9-15)14(16)17-3/h5-6,10,13H,4,7-9H2,1-3H3. The molecule has 0 saturated carbocycles. The molecule has 1 fully saturated rings. The number of methoxy groups -OCH3 is 1. The molecule has 0 radical (unpaired) electrons. The van der Waals surface area contributed by atoms with E-state index in [2.05, 4.69) is 30.9 Å². The first kappa shape index (κ1) is 13.6. The molecule has 1 aliphatic rings. The summed E-state index contributed by atoms with van der Waals surface area (Å²) >= 11 is 1.88. The van der Waals surface area contributed by atoms with Gasteiger partial charge in [0.15, 0.2) is 0 Å². The Balaban J connectivity index is 1.94. The molecule has 2 heterocycles. The Morgan fingerprint density at radius 1 is 1.44 bits per heavy atom. The normalized spacial score (nSPS) is 24.4. The minimum atomic E-state index is -0.0644. The van der Waals surface area contributed by atoms with Crippen LogP contribution < -0.4 is 0 Å². The van der Waals surface area contributed by atoms with E-state index in [1.807, 2.05) is 11.3 Å². The molecule has 1 aromatic heterocycles. The van der Waals surface area contributed by atoms with Gasteiger partial charge >= 0.3 is 5.97 Å². The van der Waals surface area contributed by atoms with Crippen LogP contribution in [0.5, 0.6) is 0 Å². The number of ether oxygens (including phenoxy) is 1. The zero-order valence-electron chi connectivity index (χ0n) is 11.3. The fourth-order valence-corrected chi connectivity index (χ4v) is 3.57. The van der Waals surface area contributed by atoms with Crippen LogP contribution >= 0.6 is 11.3 Å². The molecule has 100 valence electrons. The highest BCUT2D eigenvalue weighted by Crippen LogP contribution is 2.27. The SMILES string of the molecule is CCc1ccc(CN2CC(C)C(C(=O)OC)C2)s1. The molecular weight excluding hydrogens is 246 g/mol. The van der Waals surface area contributed by atoms with Crippen molar-refractivity contribution in [1.29, 1.82) is 0 Å². The summed E-state index contributed by atoms with van der Waals surface area (Å²) in [6.45, 7) is 7.09. The van der Waals surface area contributed by atoms with Gasteiger partial charge in [0.2, 0.25) is 0 Å². The van der Waals surface area contributed by atoms with E-state index in [9.17, 15) is 4.79 Å². The summed E-state index contributed by atoms with van der Waals surface area (Å²) < 4.78 is 4.86. The monoisotopic (exact) mass is 267 g/mol. The molecule has 3 nitrogen and oxygen atoms in total. The van der Waals surface area contributed by atoms with Crippen molar-refractivity contribution in [2.45, 2.75) is 26.8 Å². The number of nitrogens with zero attached hydrogens (tertiary/aromatic N) is 1. The van der Waals surface area contributed by atoms with E-state index in [0.717, 1.165) is 26.1 Å². The zero-order chi connectivity index (χ0) is 13.1. The summed E-state index contributed by atoms with van der Waals surface area (Å²) in [5, 5.41) is 0. The molecule has 18 heavy (non-hydrogen) atoms. The van der Waals surface area contributed by atoms with E-state index < -0.39 is 0 Å². The Labute approximate surface area is 113 Å². The van der Waals surface area contributed by atoms with Gasteiger partial charge in [0.1, 0.15) is 0 Å². The Bertz CT molecular complexity index is 416. The van der Waals surface area contributed by atoms with Crippen LogP contribution in [0, 0.1) is 11.8 Å². The Morgan fingerprint density at radius 3 is 2.78 bits per heavy atom. The van der Waals surface area contributed by atoms with Crippen LogP contribution in [0.4, 0.5) is 0 Å². The van der Waals surface area contributed by atoms with Gasteiger partial charge in [-0.25, -0.2) is 0 Å². The quantitative estimate of drug-likeness (QED) is 0.785. The second-order valence-electron chi connectivity index (χ2n) is 5.02. The number of carbonyl (C=O) groups is 1. The average Bonchev–Trinajstić information content (AvgIpc) is 2.95. The van der Waals surface area contributed by atoms with Crippen LogP contribution in [0.2, 0.25) is 0 Å². The van der Waals surface area contributed by atoms with E-state index in [4.69, 9.17) is 4.74 Å². The molecule has 0 bridgehead atoms. The maximum atomic E-state index is 11.6. The zero-order valence-corrected chi connectivity index (χ0v) is 12.1. The van der Waals surface area contributed by atoms with E-state index in [-0.39, 0.29) is 11.9 Å². The van der Waals surface area contributed by atoms with Crippen molar-refractivity contribution in [1.82, 2.24) is 4.90 Å². The molecule has 1 saturated heterocycles. The summed E-state index contributed by atoms with van der Waals surface area (Å²) in [4.78, 5) is 16.8. The second kappa shape index (κ2) is 5.85. The number of thiophene rings is 1. The van der Waals surface area contributed by atoms with Crippen molar-refractivity contribution < 1.29 is 9.53 Å². The smallest absolute Gasteiger partial charge is 0.310 e. The minimum Gasteiger partial charge on any atom is -0.469 e. The number of likely N-dealkylation sites (tertiary alicyclic amines) is 1. The average molecular weight is 267 g/mol. The number of aryl methyl sites for hydroxylation is 1. The molecular formula is C14H21NO2S. The maximum Gasteiger partial charge on any atom is 0.310 e. The van der Waals surface area contributed by atoms with E-state index >= 15 is 0 Å². The van der Waals surface area contributed by atoms with Gasteiger partial charge in [-0.1, -0.05) is 13.8 Å². The molecule has 2 atom stereocenters. The lowest BCUT2D eigenvalue weighted by Crippen LogP contribution is -2.24. The maximum absolute atomic E-state index is 11.6. The summed E-state index contributed by atoms with van der Waals surface area (Å²) in [5.74, 6) is 0.370. The van der Waals surface area contributed by atoms with Gasteiger partial charge in [-0.15, -0.1) is 11.3 Å². The van der Waals surface area contributed by atoms with E-state index in [1.165, 1.54) is 16.9 Å². The first-order chi connectivity index (χ1) is 8.63. The van der Waals surface area contributed by atoms with Crippen LogP contribution in [0.25, 0.3) is 0 Å². The van der Waals surface area contributed by atoms with E-state index in [0.29, 0.717) is 5.92 Å². The summed E-state index contributed by atoms with van der Waals surface area (Å²) in [6.07, 6.45) is 1.10. The third-order valence-corrected chi connectivity index (χ3v) is 4.85. The number of carbonyl (C=O) groups excluding carboxylic acids is 1. The molecule has 2 rings (SSSR count). The molecule has 0 aliphatic carbocycles. The second-order valence-corrected chi connectivity index (χ2v) is 6.28. The fourth-order valence-electron chi connectivity index (χ4n) is 2.57. The van der Waals surface area contributed by atoms with Crippen molar-refractivity contribution >= 4 is 17.3 Å². The first-order valence-corrected chi connectivity index (χ1v) is 7.33. The molecule has 0 aromatic carbocycles. The highest BCUT2D eigenvalue weighted by Gasteiger charge is 2.35. The first-order valence-electron chi connectivity index (χ1n) is 6.51. The van der Waals surface area contributed by atoms with Crippen molar-refractivity contribution in [3.8, 4) is 0 Å². The van der Waals surface area contributed by atoms with Crippen molar-refractivity contribution in [3.05, 3.63) is 21.9 Å². The molecule has 1 aromatic rings. The predicted octanol–water partition coefficient (Wildman–Crippen LogP) is 2.55. The molecule has 0 amide bonds. The number of rotatable bonds is 4. The highest BCUT2D eigenvalue weighted by molar-refractivity contribution is 7.11. The van der Waals surface area contributed by atoms with Gasteiger partial charge in [-0.2, -0.15) is 0 Å². The largest absolute Gasteiger partial charge is 0.469 e. The van der Waals surface area contributed by atoms with Crippen molar-refractivity contribution in [2.75, 3.05) is 20.2 Å². The van der Waals surface area contributed by atoms with Gasteiger partial charge in [0, 0.05) is 29.4 Å². The van der Waals surface area contributed by atoms with Crippen LogP contribution in [-0.4, -0.2) is 31.1 Å². The number of esters is 1. The van der Waals surface area contributed by atoms with Crippen LogP contribution in [0.15, 0.2) is 12.1 Å². The lowest BCUT2D eigenvalue weighted by molar-refractivity contribution is -0.146. The molecule has 4 heteroatoms. The summed E-state index contributed by atoms with van der Waals surface area (Å²) in [6, 6.07) is 4.41. The molecule has 2 unspecified atom stereocenters. The predicted molar refractivity (Wildman–Crippen MR) is 73.6 cm³/mol. The Morgan fingerprint density at radius 2 is 2.17 bits per heavy atom.